The second-order valence-electron chi connectivity index (χ2n) is 8.77. The molecule has 1 heterocycles. The van der Waals surface area contributed by atoms with Crippen LogP contribution in [0.25, 0.3) is 0 Å². The number of fused-ring (bicyclic) bond motifs is 2. The molecule has 0 bridgehead atoms. The van der Waals surface area contributed by atoms with Crippen LogP contribution in [0.1, 0.15) is 37.6 Å². The predicted octanol–water partition coefficient (Wildman–Crippen LogP) is 4.46. The molecular formula is C21H27NO4Si. The topological polar surface area (TPSA) is 68.6 Å². The molecule has 0 spiro atoms. The Morgan fingerprint density at radius 3 is 2.56 bits per heavy atom. The van der Waals surface area contributed by atoms with Gasteiger partial charge in [0.2, 0.25) is 8.32 Å². The Morgan fingerprint density at radius 2 is 1.96 bits per heavy atom. The second kappa shape index (κ2) is 6.50. The van der Waals surface area contributed by atoms with E-state index in [1.54, 1.807) is 24.3 Å². The van der Waals surface area contributed by atoms with E-state index in [2.05, 4.69) is 39.9 Å². The molecule has 0 aromatic heterocycles. The van der Waals surface area contributed by atoms with Crippen molar-refractivity contribution in [2.45, 2.75) is 57.5 Å². The lowest BCUT2D eigenvalue weighted by molar-refractivity contribution is -0.0286. The summed E-state index contributed by atoms with van der Waals surface area (Å²) in [5, 5.41) is 10.1. The predicted molar refractivity (Wildman–Crippen MR) is 105 cm³/mol. The SMILES string of the molecule is COC1C=C(O[Si](C)(C)C(C)(C)C)C[C@H]2Oc3ccccc3C(=O)[C@@]12C#N. The van der Waals surface area contributed by atoms with Crippen molar-refractivity contribution < 1.29 is 18.7 Å². The molecule has 0 saturated heterocycles. The first-order chi connectivity index (χ1) is 12.6. The molecule has 27 heavy (non-hydrogen) atoms. The summed E-state index contributed by atoms with van der Waals surface area (Å²) in [5.74, 6) is 1.02. The van der Waals surface area contributed by atoms with E-state index in [1.807, 2.05) is 6.07 Å². The molecule has 1 unspecified atom stereocenters. The molecule has 5 nitrogen and oxygen atoms in total. The first-order valence-corrected chi connectivity index (χ1v) is 12.1. The third-order valence-electron chi connectivity index (χ3n) is 6.09. The Bertz CT molecular complexity index is 833. The normalized spacial score (nSPS) is 27.6. The fourth-order valence-corrected chi connectivity index (χ4v) is 4.55. The Morgan fingerprint density at radius 1 is 1.30 bits per heavy atom. The summed E-state index contributed by atoms with van der Waals surface area (Å²) in [4.78, 5) is 13.3. The maximum absolute atomic E-state index is 13.3. The minimum Gasteiger partial charge on any atom is -0.547 e. The lowest BCUT2D eigenvalue weighted by Crippen LogP contribution is -2.57. The molecular weight excluding hydrogens is 358 g/mol. The van der Waals surface area contributed by atoms with Gasteiger partial charge in [-0.2, -0.15) is 5.26 Å². The number of benzene rings is 1. The molecule has 0 amide bonds. The van der Waals surface area contributed by atoms with Crippen LogP contribution in [0.3, 0.4) is 0 Å². The van der Waals surface area contributed by atoms with Crippen LogP contribution in [0.5, 0.6) is 5.75 Å². The van der Waals surface area contributed by atoms with Gasteiger partial charge in [-0.25, -0.2) is 0 Å². The van der Waals surface area contributed by atoms with E-state index < -0.39 is 25.9 Å². The quantitative estimate of drug-likeness (QED) is 0.718. The number of hydrogen-bond acceptors (Lipinski definition) is 5. The van der Waals surface area contributed by atoms with Crippen molar-refractivity contribution in [3.05, 3.63) is 41.7 Å². The fraction of sp³-hybridized carbons (Fsp3) is 0.524. The first-order valence-electron chi connectivity index (χ1n) is 9.21. The molecule has 6 heteroatoms. The summed E-state index contributed by atoms with van der Waals surface area (Å²) in [7, 11) is -0.547. The van der Waals surface area contributed by atoms with Crippen molar-refractivity contribution in [2.75, 3.05) is 7.11 Å². The monoisotopic (exact) mass is 385 g/mol. The van der Waals surface area contributed by atoms with Gasteiger partial charge in [0.15, 0.2) is 11.2 Å². The smallest absolute Gasteiger partial charge is 0.250 e. The summed E-state index contributed by atoms with van der Waals surface area (Å²) in [6.07, 6.45) is 0.816. The van der Waals surface area contributed by atoms with Crippen molar-refractivity contribution >= 4 is 14.1 Å². The van der Waals surface area contributed by atoms with E-state index in [0.717, 1.165) is 5.76 Å². The molecule has 144 valence electrons. The summed E-state index contributed by atoms with van der Waals surface area (Å²) in [5.41, 5.74) is -0.969. The molecule has 1 aromatic carbocycles. The number of hydrogen-bond donors (Lipinski definition) is 0. The van der Waals surface area contributed by atoms with Gasteiger partial charge < -0.3 is 13.9 Å². The fourth-order valence-electron chi connectivity index (χ4n) is 3.44. The van der Waals surface area contributed by atoms with Crippen molar-refractivity contribution in [1.82, 2.24) is 0 Å². The van der Waals surface area contributed by atoms with E-state index >= 15 is 0 Å². The van der Waals surface area contributed by atoms with E-state index in [1.165, 1.54) is 7.11 Å². The minimum atomic E-state index is -2.06. The number of nitrogens with zero attached hydrogens (tertiary/aromatic N) is 1. The van der Waals surface area contributed by atoms with Crippen LogP contribution < -0.4 is 4.74 Å². The van der Waals surface area contributed by atoms with Crippen LogP contribution in [0.15, 0.2) is 36.1 Å². The Kier molecular flexibility index (Phi) is 4.73. The number of para-hydroxylation sites is 1. The molecule has 3 rings (SSSR count). The maximum Gasteiger partial charge on any atom is 0.250 e. The zero-order chi connectivity index (χ0) is 20.0. The summed E-state index contributed by atoms with van der Waals surface area (Å²) >= 11 is 0. The molecule has 3 atom stereocenters. The van der Waals surface area contributed by atoms with Gasteiger partial charge >= 0.3 is 0 Å². The van der Waals surface area contributed by atoms with Gasteiger partial charge in [-0.1, -0.05) is 32.9 Å². The van der Waals surface area contributed by atoms with E-state index in [0.29, 0.717) is 17.7 Å². The molecule has 1 aliphatic carbocycles. The van der Waals surface area contributed by atoms with Gasteiger partial charge in [-0.3, -0.25) is 4.79 Å². The number of Topliss-reactive ketones (excluding diaryl/α,β-unsaturated/α-hetero) is 1. The number of carbonyl (C=O) groups excluding carboxylic acids is 1. The highest BCUT2D eigenvalue weighted by Gasteiger charge is 2.59. The van der Waals surface area contributed by atoms with Gasteiger partial charge in [0.05, 0.1) is 17.4 Å². The third-order valence-corrected chi connectivity index (χ3v) is 10.5. The van der Waals surface area contributed by atoms with Gasteiger partial charge in [0, 0.05) is 13.5 Å². The van der Waals surface area contributed by atoms with Crippen molar-refractivity contribution in [3.8, 4) is 11.8 Å². The van der Waals surface area contributed by atoms with Gasteiger partial charge in [0.25, 0.3) is 0 Å². The van der Waals surface area contributed by atoms with Crippen LogP contribution in [-0.4, -0.2) is 33.4 Å². The zero-order valence-electron chi connectivity index (χ0n) is 16.8. The number of ketones is 1. The highest BCUT2D eigenvalue weighted by Crippen LogP contribution is 2.48. The van der Waals surface area contributed by atoms with E-state index in [4.69, 9.17) is 13.9 Å². The second-order valence-corrected chi connectivity index (χ2v) is 13.5. The highest BCUT2D eigenvalue weighted by molar-refractivity contribution is 6.74. The summed E-state index contributed by atoms with van der Waals surface area (Å²) in [6, 6.07) is 9.30. The Labute approximate surface area is 162 Å². The largest absolute Gasteiger partial charge is 0.547 e. The molecule has 0 N–H and O–H groups in total. The van der Waals surface area contributed by atoms with Gasteiger partial charge in [-0.05, 0) is 36.3 Å². The molecule has 1 aromatic rings. The molecule has 0 saturated carbocycles. The number of nitriles is 1. The van der Waals surface area contributed by atoms with E-state index in [9.17, 15) is 10.1 Å². The lowest BCUT2D eigenvalue weighted by Gasteiger charge is -2.46. The van der Waals surface area contributed by atoms with Crippen molar-refractivity contribution in [2.24, 2.45) is 5.41 Å². The van der Waals surface area contributed by atoms with Crippen LogP contribution in [0.4, 0.5) is 0 Å². The van der Waals surface area contributed by atoms with Crippen molar-refractivity contribution in [3.63, 3.8) is 0 Å². The Balaban J connectivity index is 2.04. The highest BCUT2D eigenvalue weighted by atomic mass is 28.4. The lowest BCUT2D eigenvalue weighted by atomic mass is 9.67. The number of rotatable bonds is 3. The van der Waals surface area contributed by atoms with Crippen LogP contribution in [-0.2, 0) is 9.16 Å². The van der Waals surface area contributed by atoms with E-state index in [-0.39, 0.29) is 10.8 Å². The zero-order valence-corrected chi connectivity index (χ0v) is 17.8. The average Bonchev–Trinajstić information content (AvgIpc) is 2.60. The number of carbonyl (C=O) groups is 1. The van der Waals surface area contributed by atoms with Crippen LogP contribution in [0, 0.1) is 16.7 Å². The molecule has 0 radical (unpaired) electrons. The van der Waals surface area contributed by atoms with Crippen LogP contribution >= 0.6 is 0 Å². The number of methoxy groups -OCH3 is 1. The van der Waals surface area contributed by atoms with Crippen molar-refractivity contribution in [1.29, 1.82) is 5.26 Å². The first kappa shape index (κ1) is 19.7. The Hall–Kier alpha value is -2.10. The molecule has 1 aliphatic heterocycles. The summed E-state index contributed by atoms with van der Waals surface area (Å²) in [6.45, 7) is 10.9. The van der Waals surface area contributed by atoms with Gasteiger partial charge in [0.1, 0.15) is 18.0 Å². The minimum absolute atomic E-state index is 0.0377. The van der Waals surface area contributed by atoms with Crippen LogP contribution in [0.2, 0.25) is 18.1 Å². The summed E-state index contributed by atoms with van der Waals surface area (Å²) < 4.78 is 18.2. The number of ether oxygens (including phenoxy) is 2. The van der Waals surface area contributed by atoms with Gasteiger partial charge in [-0.15, -0.1) is 0 Å². The third kappa shape index (κ3) is 2.99. The maximum atomic E-state index is 13.3. The average molecular weight is 386 g/mol. The molecule has 0 fully saturated rings. The molecule has 2 aliphatic rings. The standard InChI is InChI=1S/C21H27NO4Si/c1-20(2,3)27(5,6)26-14-11-17(24-4)21(13-22)18(12-14)25-16-10-8-7-9-15(16)19(21)23/h7-11,17-18H,12H2,1-6H3/t17?,18-,21+/m1/s1.